The lowest BCUT2D eigenvalue weighted by Gasteiger charge is -2.40. The van der Waals surface area contributed by atoms with Crippen molar-refractivity contribution in [1.29, 1.82) is 0 Å². The van der Waals surface area contributed by atoms with Crippen molar-refractivity contribution in [2.75, 3.05) is 6.54 Å². The highest BCUT2D eigenvalue weighted by Crippen LogP contribution is 2.25. The highest BCUT2D eigenvalue weighted by molar-refractivity contribution is 5.90. The van der Waals surface area contributed by atoms with Crippen LogP contribution < -0.4 is 11.5 Å². The second-order valence-electron chi connectivity index (χ2n) is 6.98. The maximum absolute atomic E-state index is 13.0. The first-order chi connectivity index (χ1) is 12.9. The number of benzene rings is 1. The van der Waals surface area contributed by atoms with Crippen molar-refractivity contribution in [2.24, 2.45) is 11.5 Å². The molecule has 1 radical (unpaired) electrons. The van der Waals surface area contributed by atoms with E-state index in [1.807, 2.05) is 37.3 Å². The van der Waals surface area contributed by atoms with Crippen LogP contribution in [0.15, 0.2) is 30.3 Å². The summed E-state index contributed by atoms with van der Waals surface area (Å²) >= 11 is 0. The molecule has 4 N–H and O–H groups in total. The molecular formula is C21H32N3O3. The Morgan fingerprint density at radius 2 is 1.81 bits per heavy atom. The lowest BCUT2D eigenvalue weighted by Crippen LogP contribution is -2.59. The molecule has 0 saturated heterocycles. The van der Waals surface area contributed by atoms with Crippen molar-refractivity contribution < 1.29 is 14.4 Å². The zero-order valence-corrected chi connectivity index (χ0v) is 16.4. The summed E-state index contributed by atoms with van der Waals surface area (Å²) in [5.41, 5.74) is 11.0. The summed E-state index contributed by atoms with van der Waals surface area (Å²) < 4.78 is 0. The molecule has 2 atom stereocenters. The molecule has 2 amide bonds. The fourth-order valence-corrected chi connectivity index (χ4v) is 3.24. The molecule has 149 valence electrons. The number of hydrogen-bond acceptors (Lipinski definition) is 4. The predicted octanol–water partition coefficient (Wildman–Crippen LogP) is 2.10. The van der Waals surface area contributed by atoms with Crippen LogP contribution in [0, 0.1) is 0 Å². The normalized spacial score (nSPS) is 14.2. The van der Waals surface area contributed by atoms with Crippen LogP contribution in [-0.4, -0.2) is 41.1 Å². The molecule has 0 unspecified atom stereocenters. The predicted molar refractivity (Wildman–Crippen MR) is 107 cm³/mol. The minimum absolute atomic E-state index is 0.242. The van der Waals surface area contributed by atoms with E-state index >= 15 is 0 Å². The molecule has 1 rings (SSSR count). The van der Waals surface area contributed by atoms with E-state index in [0.29, 0.717) is 19.4 Å². The van der Waals surface area contributed by atoms with Crippen LogP contribution in [0.4, 0.5) is 0 Å². The average molecular weight is 375 g/mol. The fourth-order valence-electron chi connectivity index (χ4n) is 3.24. The van der Waals surface area contributed by atoms with Crippen LogP contribution in [0.2, 0.25) is 0 Å². The summed E-state index contributed by atoms with van der Waals surface area (Å²) in [6.45, 7) is 4.37. The Kier molecular flexibility index (Phi) is 9.72. The van der Waals surface area contributed by atoms with Crippen LogP contribution in [0.25, 0.3) is 0 Å². The molecule has 27 heavy (non-hydrogen) atoms. The Labute approximate surface area is 162 Å². The smallest absolute Gasteiger partial charge is 0.240 e. The molecule has 0 saturated carbocycles. The summed E-state index contributed by atoms with van der Waals surface area (Å²) in [5, 5.41) is 0. The standard InChI is InChI=1S/C21H32N3O3/c1-3-5-6-10-13-24(20(27)18(22)14-19(23)26)21(4-2,16-25)15-17-11-8-7-9-12-17/h7-9,11-12,18H,3-6,10,13-15,22H2,1-2H3,(H2,23,26)/t18-,21-/m0/s1. The largest absolute Gasteiger partial charge is 0.370 e. The van der Waals surface area contributed by atoms with Gasteiger partial charge in [-0.3, -0.25) is 14.4 Å². The van der Waals surface area contributed by atoms with Crippen LogP contribution in [0.5, 0.6) is 0 Å². The minimum atomic E-state index is -1.11. The highest BCUT2D eigenvalue weighted by atomic mass is 16.2. The highest BCUT2D eigenvalue weighted by Gasteiger charge is 2.40. The van der Waals surface area contributed by atoms with Crippen molar-refractivity contribution in [3.8, 4) is 0 Å². The lowest BCUT2D eigenvalue weighted by atomic mass is 9.86. The molecule has 0 fully saturated rings. The van der Waals surface area contributed by atoms with Gasteiger partial charge in [0.05, 0.1) is 12.5 Å². The Morgan fingerprint density at radius 3 is 2.33 bits per heavy atom. The van der Waals surface area contributed by atoms with E-state index in [9.17, 15) is 14.4 Å². The third kappa shape index (κ3) is 6.79. The Morgan fingerprint density at radius 1 is 1.15 bits per heavy atom. The number of unbranched alkanes of at least 4 members (excludes halogenated alkanes) is 3. The number of carbonyl (C=O) groups is 2. The number of carbonyl (C=O) groups excluding carboxylic acids is 3. The number of hydrogen-bond donors (Lipinski definition) is 2. The van der Waals surface area contributed by atoms with Gasteiger partial charge in [0.15, 0.2) is 0 Å². The number of primary amides is 1. The molecule has 6 heteroatoms. The van der Waals surface area contributed by atoms with Gasteiger partial charge in [-0.2, -0.15) is 0 Å². The number of nitrogens with zero attached hydrogens (tertiary/aromatic N) is 1. The number of rotatable bonds is 13. The molecule has 1 aromatic carbocycles. The topological polar surface area (TPSA) is 106 Å². The van der Waals surface area contributed by atoms with Crippen molar-refractivity contribution in [3.05, 3.63) is 35.9 Å². The van der Waals surface area contributed by atoms with Crippen LogP contribution >= 0.6 is 0 Å². The Hall–Kier alpha value is -2.21. The summed E-state index contributed by atoms with van der Waals surface area (Å²) in [6, 6.07) is 8.48. The molecule has 1 aromatic rings. The SMILES string of the molecule is CCCCCCN(C(=O)[C@@H](N)CC(N)=O)[C@@]([C]=O)(CC)Cc1ccccc1. The molecular weight excluding hydrogens is 342 g/mol. The summed E-state index contributed by atoms with van der Waals surface area (Å²) in [5.74, 6) is -1.06. The number of nitrogens with two attached hydrogens (primary N) is 2. The molecule has 0 aliphatic heterocycles. The molecule has 0 aliphatic carbocycles. The van der Waals surface area contributed by atoms with Crippen LogP contribution in [0.3, 0.4) is 0 Å². The third-order valence-corrected chi connectivity index (χ3v) is 4.87. The molecule has 0 aromatic heterocycles. The molecule has 0 spiro atoms. The fraction of sp³-hybridized carbons (Fsp3) is 0.571. The van der Waals surface area contributed by atoms with E-state index in [0.717, 1.165) is 31.2 Å². The minimum Gasteiger partial charge on any atom is -0.370 e. The van der Waals surface area contributed by atoms with E-state index in [1.165, 1.54) is 4.90 Å². The van der Waals surface area contributed by atoms with Crippen molar-refractivity contribution >= 4 is 18.1 Å². The number of amides is 2. The maximum Gasteiger partial charge on any atom is 0.240 e. The van der Waals surface area contributed by atoms with E-state index < -0.39 is 23.4 Å². The Bertz CT molecular complexity index is 606. The van der Waals surface area contributed by atoms with Gasteiger partial charge in [0.1, 0.15) is 5.54 Å². The van der Waals surface area contributed by atoms with Gasteiger partial charge in [0, 0.05) is 13.0 Å². The summed E-state index contributed by atoms with van der Waals surface area (Å²) in [7, 11) is 0. The zero-order valence-electron chi connectivity index (χ0n) is 16.4. The van der Waals surface area contributed by atoms with Crippen molar-refractivity contribution in [1.82, 2.24) is 4.90 Å². The summed E-state index contributed by atoms with van der Waals surface area (Å²) in [6.07, 6.45) is 6.49. The average Bonchev–Trinajstić information content (AvgIpc) is 2.66. The molecule has 0 aliphatic rings. The molecule has 6 nitrogen and oxygen atoms in total. The second kappa shape index (κ2) is 11.5. The van der Waals surface area contributed by atoms with E-state index in [4.69, 9.17) is 11.5 Å². The monoisotopic (exact) mass is 374 g/mol. The van der Waals surface area contributed by atoms with Gasteiger partial charge < -0.3 is 16.4 Å². The van der Waals surface area contributed by atoms with E-state index in [2.05, 4.69) is 13.2 Å². The van der Waals surface area contributed by atoms with E-state index in [-0.39, 0.29) is 6.42 Å². The van der Waals surface area contributed by atoms with Crippen molar-refractivity contribution in [3.63, 3.8) is 0 Å². The van der Waals surface area contributed by atoms with Gasteiger partial charge in [0.2, 0.25) is 18.1 Å². The van der Waals surface area contributed by atoms with Crippen LogP contribution in [0.1, 0.15) is 57.9 Å². The lowest BCUT2D eigenvalue weighted by molar-refractivity contribution is -0.138. The van der Waals surface area contributed by atoms with Gasteiger partial charge in [-0.25, -0.2) is 0 Å². The van der Waals surface area contributed by atoms with Gasteiger partial charge in [-0.05, 0) is 18.4 Å². The van der Waals surface area contributed by atoms with E-state index in [1.54, 1.807) is 0 Å². The second-order valence-corrected chi connectivity index (χ2v) is 6.98. The maximum atomic E-state index is 13.0. The first-order valence-corrected chi connectivity index (χ1v) is 9.68. The van der Waals surface area contributed by atoms with Crippen molar-refractivity contribution in [2.45, 2.75) is 70.4 Å². The first-order valence-electron chi connectivity index (χ1n) is 9.68. The first kappa shape index (κ1) is 22.8. The van der Waals surface area contributed by atoms with Crippen LogP contribution in [-0.2, 0) is 20.8 Å². The summed E-state index contributed by atoms with van der Waals surface area (Å²) in [4.78, 5) is 37.8. The molecule has 0 bridgehead atoms. The third-order valence-electron chi connectivity index (χ3n) is 4.87. The quantitative estimate of drug-likeness (QED) is 0.516. The van der Waals surface area contributed by atoms with Gasteiger partial charge in [-0.15, -0.1) is 0 Å². The van der Waals surface area contributed by atoms with Gasteiger partial charge in [-0.1, -0.05) is 63.4 Å². The molecule has 0 heterocycles. The zero-order chi connectivity index (χ0) is 20.3. The van der Waals surface area contributed by atoms with Gasteiger partial charge >= 0.3 is 0 Å². The Balaban J connectivity index is 3.14. The van der Waals surface area contributed by atoms with Gasteiger partial charge in [0.25, 0.3) is 0 Å².